The maximum atomic E-state index is 12.4. The zero-order valence-electron chi connectivity index (χ0n) is 13.9. The highest BCUT2D eigenvalue weighted by Gasteiger charge is 2.07. The van der Waals surface area contributed by atoms with Crippen LogP contribution in [0.3, 0.4) is 0 Å². The third kappa shape index (κ3) is 3.90. The van der Waals surface area contributed by atoms with E-state index in [2.05, 4.69) is 30.3 Å². The van der Waals surface area contributed by atoms with Crippen molar-refractivity contribution in [2.75, 3.05) is 5.32 Å². The largest absolute Gasteiger partial charge is 0.322 e. The van der Waals surface area contributed by atoms with Crippen molar-refractivity contribution in [1.82, 2.24) is 9.78 Å². The third-order valence-electron chi connectivity index (χ3n) is 3.93. The predicted molar refractivity (Wildman–Crippen MR) is 96.3 cm³/mol. The Morgan fingerprint density at radius 2 is 1.92 bits per heavy atom. The summed E-state index contributed by atoms with van der Waals surface area (Å²) in [7, 11) is 0. The normalized spacial score (nSPS) is 10.8. The molecule has 0 aliphatic heterocycles. The minimum atomic E-state index is -0.0958. The van der Waals surface area contributed by atoms with Crippen LogP contribution in [0.1, 0.15) is 41.3 Å². The first kappa shape index (κ1) is 16.0. The van der Waals surface area contributed by atoms with E-state index in [-0.39, 0.29) is 5.91 Å². The maximum absolute atomic E-state index is 12.4. The molecule has 1 amide bonds. The van der Waals surface area contributed by atoms with Crippen molar-refractivity contribution in [1.29, 1.82) is 0 Å². The van der Waals surface area contributed by atoms with Crippen LogP contribution in [0, 0.1) is 0 Å². The van der Waals surface area contributed by atoms with Crippen LogP contribution in [0.2, 0.25) is 0 Å². The molecule has 0 bridgehead atoms. The van der Waals surface area contributed by atoms with Crippen LogP contribution in [-0.2, 0) is 6.54 Å². The molecule has 0 atom stereocenters. The SMILES string of the molecule is CC(C)c1cccc(NC(=O)c2ccc(Cn3cccn3)cc2)c1. The quantitative estimate of drug-likeness (QED) is 0.762. The van der Waals surface area contributed by atoms with E-state index >= 15 is 0 Å². The minimum Gasteiger partial charge on any atom is -0.322 e. The van der Waals surface area contributed by atoms with Gasteiger partial charge in [-0.05, 0) is 47.4 Å². The monoisotopic (exact) mass is 319 g/mol. The number of amides is 1. The van der Waals surface area contributed by atoms with Crippen molar-refractivity contribution >= 4 is 11.6 Å². The van der Waals surface area contributed by atoms with Gasteiger partial charge in [-0.15, -0.1) is 0 Å². The molecule has 3 aromatic rings. The Morgan fingerprint density at radius 1 is 1.12 bits per heavy atom. The van der Waals surface area contributed by atoms with Crippen LogP contribution in [0.15, 0.2) is 67.0 Å². The summed E-state index contributed by atoms with van der Waals surface area (Å²) >= 11 is 0. The number of carbonyl (C=O) groups excluding carboxylic acids is 1. The van der Waals surface area contributed by atoms with E-state index in [1.807, 2.05) is 59.4 Å². The number of nitrogens with zero attached hydrogens (tertiary/aromatic N) is 2. The van der Waals surface area contributed by atoms with Crippen LogP contribution in [0.4, 0.5) is 5.69 Å². The van der Waals surface area contributed by atoms with Gasteiger partial charge in [0.2, 0.25) is 0 Å². The molecular formula is C20H21N3O. The van der Waals surface area contributed by atoms with Crippen LogP contribution in [0.5, 0.6) is 0 Å². The predicted octanol–water partition coefficient (Wildman–Crippen LogP) is 4.31. The van der Waals surface area contributed by atoms with Gasteiger partial charge in [0, 0.05) is 23.6 Å². The fourth-order valence-corrected chi connectivity index (χ4v) is 2.52. The fourth-order valence-electron chi connectivity index (χ4n) is 2.52. The number of hydrogen-bond acceptors (Lipinski definition) is 2. The molecule has 0 fully saturated rings. The topological polar surface area (TPSA) is 46.9 Å². The van der Waals surface area contributed by atoms with E-state index in [0.29, 0.717) is 18.0 Å². The van der Waals surface area contributed by atoms with Gasteiger partial charge in [-0.2, -0.15) is 5.10 Å². The lowest BCUT2D eigenvalue weighted by atomic mass is 10.0. The number of aromatic nitrogens is 2. The van der Waals surface area contributed by atoms with Gasteiger partial charge in [0.25, 0.3) is 5.91 Å². The van der Waals surface area contributed by atoms with Gasteiger partial charge in [0.05, 0.1) is 6.54 Å². The van der Waals surface area contributed by atoms with Gasteiger partial charge in [-0.3, -0.25) is 9.48 Å². The van der Waals surface area contributed by atoms with E-state index < -0.39 is 0 Å². The highest BCUT2D eigenvalue weighted by Crippen LogP contribution is 2.19. The Labute approximate surface area is 142 Å². The number of carbonyl (C=O) groups is 1. The second kappa shape index (κ2) is 7.13. The lowest BCUT2D eigenvalue weighted by molar-refractivity contribution is 0.102. The standard InChI is InChI=1S/C20H21N3O/c1-15(2)18-5-3-6-19(13-18)22-20(24)17-9-7-16(8-10-17)14-23-12-4-11-21-23/h3-13,15H,14H2,1-2H3,(H,22,24). The van der Waals surface area contributed by atoms with E-state index in [4.69, 9.17) is 0 Å². The Balaban J connectivity index is 1.68. The van der Waals surface area contributed by atoms with Gasteiger partial charge >= 0.3 is 0 Å². The Bertz CT molecular complexity index is 805. The molecule has 1 heterocycles. The fraction of sp³-hybridized carbons (Fsp3) is 0.200. The molecule has 4 nitrogen and oxygen atoms in total. The number of hydrogen-bond donors (Lipinski definition) is 1. The smallest absolute Gasteiger partial charge is 0.255 e. The summed E-state index contributed by atoms with van der Waals surface area (Å²) in [5, 5.41) is 7.15. The summed E-state index contributed by atoms with van der Waals surface area (Å²) in [6.45, 7) is 4.98. The highest BCUT2D eigenvalue weighted by molar-refractivity contribution is 6.04. The molecule has 2 aromatic carbocycles. The lowest BCUT2D eigenvalue weighted by Crippen LogP contribution is -2.12. The van der Waals surface area contributed by atoms with Gasteiger partial charge in [0.1, 0.15) is 0 Å². The summed E-state index contributed by atoms with van der Waals surface area (Å²) in [5.74, 6) is 0.338. The van der Waals surface area contributed by atoms with Crippen molar-refractivity contribution in [3.63, 3.8) is 0 Å². The third-order valence-corrected chi connectivity index (χ3v) is 3.93. The summed E-state index contributed by atoms with van der Waals surface area (Å²) in [6, 6.07) is 17.5. The van der Waals surface area contributed by atoms with Crippen LogP contribution < -0.4 is 5.32 Å². The lowest BCUT2D eigenvalue weighted by Gasteiger charge is -2.10. The zero-order chi connectivity index (χ0) is 16.9. The van der Waals surface area contributed by atoms with Crippen molar-refractivity contribution in [3.05, 3.63) is 83.7 Å². The second-order valence-electron chi connectivity index (χ2n) is 6.13. The van der Waals surface area contributed by atoms with Gasteiger partial charge in [-0.1, -0.05) is 38.1 Å². The molecule has 3 rings (SSSR count). The number of nitrogens with one attached hydrogen (secondary N) is 1. The summed E-state index contributed by atoms with van der Waals surface area (Å²) in [4.78, 5) is 12.4. The molecule has 0 saturated carbocycles. The second-order valence-corrected chi connectivity index (χ2v) is 6.13. The van der Waals surface area contributed by atoms with E-state index in [0.717, 1.165) is 11.3 Å². The first-order valence-electron chi connectivity index (χ1n) is 8.09. The van der Waals surface area contributed by atoms with E-state index in [1.54, 1.807) is 6.20 Å². The van der Waals surface area contributed by atoms with Crippen LogP contribution in [-0.4, -0.2) is 15.7 Å². The molecular weight excluding hydrogens is 298 g/mol. The van der Waals surface area contributed by atoms with Gasteiger partial charge in [-0.25, -0.2) is 0 Å². The minimum absolute atomic E-state index is 0.0958. The molecule has 24 heavy (non-hydrogen) atoms. The molecule has 0 radical (unpaired) electrons. The van der Waals surface area contributed by atoms with Crippen molar-refractivity contribution in [2.45, 2.75) is 26.3 Å². The highest BCUT2D eigenvalue weighted by atomic mass is 16.1. The molecule has 0 unspecified atom stereocenters. The first-order chi connectivity index (χ1) is 11.6. The number of rotatable bonds is 5. The summed E-state index contributed by atoms with van der Waals surface area (Å²) in [6.07, 6.45) is 3.68. The molecule has 0 aliphatic rings. The van der Waals surface area contributed by atoms with Gasteiger partial charge in [0.15, 0.2) is 0 Å². The molecule has 1 aromatic heterocycles. The number of anilines is 1. The van der Waals surface area contributed by atoms with Crippen molar-refractivity contribution in [2.24, 2.45) is 0 Å². The van der Waals surface area contributed by atoms with E-state index in [9.17, 15) is 4.79 Å². The Morgan fingerprint density at radius 3 is 2.58 bits per heavy atom. The van der Waals surface area contributed by atoms with Crippen LogP contribution >= 0.6 is 0 Å². The maximum Gasteiger partial charge on any atom is 0.255 e. The summed E-state index contributed by atoms with van der Waals surface area (Å²) in [5.41, 5.74) is 3.79. The Hall–Kier alpha value is -2.88. The zero-order valence-corrected chi connectivity index (χ0v) is 13.9. The Kier molecular flexibility index (Phi) is 4.75. The molecule has 4 heteroatoms. The molecule has 0 aliphatic carbocycles. The first-order valence-corrected chi connectivity index (χ1v) is 8.09. The van der Waals surface area contributed by atoms with Gasteiger partial charge < -0.3 is 5.32 Å². The van der Waals surface area contributed by atoms with Crippen LogP contribution in [0.25, 0.3) is 0 Å². The molecule has 122 valence electrons. The van der Waals surface area contributed by atoms with E-state index in [1.165, 1.54) is 5.56 Å². The number of benzene rings is 2. The average molecular weight is 319 g/mol. The van der Waals surface area contributed by atoms with Crippen molar-refractivity contribution < 1.29 is 4.79 Å². The molecule has 0 spiro atoms. The summed E-state index contributed by atoms with van der Waals surface area (Å²) < 4.78 is 1.85. The molecule has 1 N–H and O–H groups in total. The van der Waals surface area contributed by atoms with Crippen molar-refractivity contribution in [3.8, 4) is 0 Å². The molecule has 0 saturated heterocycles. The average Bonchev–Trinajstić information content (AvgIpc) is 3.08.